The Balaban J connectivity index is 3.69. The van der Waals surface area contributed by atoms with Crippen molar-refractivity contribution in [1.82, 2.24) is 5.32 Å². The number of rotatable bonds is 7. The van der Waals surface area contributed by atoms with Gasteiger partial charge in [0.25, 0.3) is 0 Å². The van der Waals surface area contributed by atoms with Gasteiger partial charge in [0.15, 0.2) is 0 Å². The van der Waals surface area contributed by atoms with Crippen LogP contribution in [0.1, 0.15) is 33.1 Å². The Bertz CT molecular complexity index is 231. The van der Waals surface area contributed by atoms with Crippen LogP contribution in [0.5, 0.6) is 0 Å². The van der Waals surface area contributed by atoms with Crippen molar-refractivity contribution in [3.05, 3.63) is 0 Å². The van der Waals surface area contributed by atoms with Gasteiger partial charge < -0.3 is 15.8 Å². The molecule has 0 aliphatic carbocycles. The van der Waals surface area contributed by atoms with E-state index < -0.39 is 6.04 Å². The normalized spacial score (nSPS) is 14.0. The highest BCUT2D eigenvalue weighted by Crippen LogP contribution is 2.04. The number of carbonyl (C=O) groups is 2. The molecule has 0 aromatic rings. The molecule has 0 spiro atoms. The van der Waals surface area contributed by atoms with Crippen molar-refractivity contribution < 1.29 is 14.3 Å². The number of nitrogens with two attached hydrogens (primary N) is 1. The minimum Gasteiger partial charge on any atom is -0.469 e. The molecule has 94 valence electrons. The summed E-state index contributed by atoms with van der Waals surface area (Å²) in [6.07, 6.45) is 1.76. The molecule has 0 saturated heterocycles. The van der Waals surface area contributed by atoms with E-state index in [1.165, 1.54) is 7.11 Å². The summed E-state index contributed by atoms with van der Waals surface area (Å²) in [5.41, 5.74) is 5.74. The molecule has 0 aromatic carbocycles. The first-order valence-electron chi connectivity index (χ1n) is 5.63. The Labute approximate surface area is 96.7 Å². The molecule has 5 heteroatoms. The van der Waals surface area contributed by atoms with Gasteiger partial charge >= 0.3 is 5.97 Å². The first-order valence-corrected chi connectivity index (χ1v) is 5.63. The Morgan fingerprint density at radius 3 is 2.56 bits per heavy atom. The van der Waals surface area contributed by atoms with Gasteiger partial charge in [-0.25, -0.2) is 0 Å². The van der Waals surface area contributed by atoms with Gasteiger partial charge in [-0.15, -0.1) is 0 Å². The van der Waals surface area contributed by atoms with Crippen molar-refractivity contribution >= 4 is 11.9 Å². The fourth-order valence-corrected chi connectivity index (χ4v) is 1.18. The van der Waals surface area contributed by atoms with Gasteiger partial charge in [0, 0.05) is 13.0 Å². The highest BCUT2D eigenvalue weighted by Gasteiger charge is 2.18. The Kier molecular flexibility index (Phi) is 7.54. The second-order valence-corrected chi connectivity index (χ2v) is 3.88. The van der Waals surface area contributed by atoms with Crippen molar-refractivity contribution in [1.29, 1.82) is 0 Å². The van der Waals surface area contributed by atoms with Crippen LogP contribution in [-0.4, -0.2) is 31.6 Å². The van der Waals surface area contributed by atoms with Crippen LogP contribution in [0.4, 0.5) is 0 Å². The highest BCUT2D eigenvalue weighted by atomic mass is 16.5. The van der Waals surface area contributed by atoms with Crippen molar-refractivity contribution in [2.24, 2.45) is 11.7 Å². The molecule has 0 aromatic heterocycles. The molecular formula is C11H22N2O3. The largest absolute Gasteiger partial charge is 0.469 e. The summed E-state index contributed by atoms with van der Waals surface area (Å²) < 4.78 is 4.48. The van der Waals surface area contributed by atoms with Crippen molar-refractivity contribution in [2.75, 3.05) is 13.7 Å². The Morgan fingerprint density at radius 2 is 2.06 bits per heavy atom. The number of hydrogen-bond donors (Lipinski definition) is 2. The van der Waals surface area contributed by atoms with E-state index in [1.54, 1.807) is 0 Å². The monoisotopic (exact) mass is 230 g/mol. The maximum Gasteiger partial charge on any atom is 0.305 e. The van der Waals surface area contributed by atoms with E-state index >= 15 is 0 Å². The average molecular weight is 230 g/mol. The Hall–Kier alpha value is -1.10. The fourth-order valence-electron chi connectivity index (χ4n) is 1.18. The van der Waals surface area contributed by atoms with E-state index in [0.717, 1.165) is 6.42 Å². The number of esters is 1. The molecule has 0 radical (unpaired) electrons. The zero-order valence-electron chi connectivity index (χ0n) is 10.3. The van der Waals surface area contributed by atoms with E-state index in [9.17, 15) is 9.59 Å². The summed E-state index contributed by atoms with van der Waals surface area (Å²) in [5.74, 6) is -0.250. The summed E-state index contributed by atoms with van der Waals surface area (Å²) in [7, 11) is 1.35. The summed E-state index contributed by atoms with van der Waals surface area (Å²) in [6.45, 7) is 4.39. The van der Waals surface area contributed by atoms with E-state index in [2.05, 4.69) is 10.1 Å². The maximum absolute atomic E-state index is 11.5. The molecule has 5 nitrogen and oxygen atoms in total. The molecule has 0 bridgehead atoms. The van der Waals surface area contributed by atoms with E-state index in [0.29, 0.717) is 19.4 Å². The molecule has 1 unspecified atom stereocenters. The summed E-state index contributed by atoms with van der Waals surface area (Å²) in [4.78, 5) is 22.3. The lowest BCUT2D eigenvalue weighted by molar-refractivity contribution is -0.140. The van der Waals surface area contributed by atoms with Gasteiger partial charge in [-0.05, 0) is 12.3 Å². The van der Waals surface area contributed by atoms with Gasteiger partial charge in [-0.2, -0.15) is 0 Å². The SMILES string of the molecule is CCC(C)[C@H](N)C(=O)NCCCC(=O)OC. The van der Waals surface area contributed by atoms with Crippen molar-refractivity contribution in [2.45, 2.75) is 39.2 Å². The second-order valence-electron chi connectivity index (χ2n) is 3.88. The van der Waals surface area contributed by atoms with Crippen LogP contribution in [0.15, 0.2) is 0 Å². The van der Waals surface area contributed by atoms with Gasteiger partial charge in [0.05, 0.1) is 13.2 Å². The quantitative estimate of drug-likeness (QED) is 0.491. The fraction of sp³-hybridized carbons (Fsp3) is 0.818. The molecule has 2 atom stereocenters. The smallest absolute Gasteiger partial charge is 0.305 e. The predicted molar refractivity (Wildman–Crippen MR) is 61.7 cm³/mol. The van der Waals surface area contributed by atoms with Gasteiger partial charge in [-0.3, -0.25) is 9.59 Å². The molecule has 3 N–H and O–H groups in total. The molecule has 0 heterocycles. The molecule has 0 aliphatic rings. The molecule has 0 aliphatic heterocycles. The molecule has 0 saturated carbocycles. The minimum atomic E-state index is -0.469. The third kappa shape index (κ3) is 5.70. The van der Waals surface area contributed by atoms with E-state index in [-0.39, 0.29) is 17.8 Å². The summed E-state index contributed by atoms with van der Waals surface area (Å²) in [6, 6.07) is -0.469. The zero-order chi connectivity index (χ0) is 12.6. The van der Waals surface area contributed by atoms with Gasteiger partial charge in [-0.1, -0.05) is 20.3 Å². The predicted octanol–water partition coefficient (Wildman–Crippen LogP) is 0.429. The van der Waals surface area contributed by atoms with Crippen LogP contribution in [0.25, 0.3) is 0 Å². The van der Waals surface area contributed by atoms with Crippen LogP contribution in [0.2, 0.25) is 0 Å². The zero-order valence-corrected chi connectivity index (χ0v) is 10.3. The number of ether oxygens (including phenoxy) is 1. The second kappa shape index (κ2) is 8.10. The van der Waals surface area contributed by atoms with Crippen LogP contribution in [0, 0.1) is 5.92 Å². The summed E-state index contributed by atoms with van der Waals surface area (Å²) in [5, 5.41) is 2.71. The van der Waals surface area contributed by atoms with Crippen molar-refractivity contribution in [3.8, 4) is 0 Å². The molecule has 0 rings (SSSR count). The standard InChI is InChI=1S/C11H22N2O3/c1-4-8(2)10(12)11(15)13-7-5-6-9(14)16-3/h8,10H,4-7,12H2,1-3H3,(H,13,15)/t8?,10-/m0/s1. The third-order valence-electron chi connectivity index (χ3n) is 2.64. The minimum absolute atomic E-state index is 0.154. The number of methoxy groups -OCH3 is 1. The lowest BCUT2D eigenvalue weighted by Crippen LogP contribution is -2.44. The first-order chi connectivity index (χ1) is 7.52. The molecule has 16 heavy (non-hydrogen) atoms. The van der Waals surface area contributed by atoms with Crippen LogP contribution in [-0.2, 0) is 14.3 Å². The molecule has 0 fully saturated rings. The molecule has 1 amide bonds. The Morgan fingerprint density at radius 1 is 1.44 bits per heavy atom. The lowest BCUT2D eigenvalue weighted by atomic mass is 9.99. The van der Waals surface area contributed by atoms with Crippen molar-refractivity contribution in [3.63, 3.8) is 0 Å². The average Bonchev–Trinajstić information content (AvgIpc) is 2.31. The van der Waals surface area contributed by atoms with Crippen LogP contribution < -0.4 is 11.1 Å². The number of carbonyl (C=O) groups excluding carboxylic acids is 2. The number of amides is 1. The van der Waals surface area contributed by atoms with E-state index in [1.807, 2.05) is 13.8 Å². The van der Waals surface area contributed by atoms with Crippen LogP contribution in [0.3, 0.4) is 0 Å². The van der Waals surface area contributed by atoms with Crippen LogP contribution >= 0.6 is 0 Å². The first kappa shape index (κ1) is 14.9. The number of nitrogens with one attached hydrogen (secondary N) is 1. The van der Waals surface area contributed by atoms with Gasteiger partial charge in [0.1, 0.15) is 0 Å². The van der Waals surface area contributed by atoms with Gasteiger partial charge in [0.2, 0.25) is 5.91 Å². The topological polar surface area (TPSA) is 81.4 Å². The highest BCUT2D eigenvalue weighted by molar-refractivity contribution is 5.81. The summed E-state index contributed by atoms with van der Waals surface area (Å²) >= 11 is 0. The lowest BCUT2D eigenvalue weighted by Gasteiger charge is -2.17. The maximum atomic E-state index is 11.5. The van der Waals surface area contributed by atoms with E-state index in [4.69, 9.17) is 5.73 Å². The third-order valence-corrected chi connectivity index (χ3v) is 2.64. The molecular weight excluding hydrogens is 208 g/mol. The number of hydrogen-bond acceptors (Lipinski definition) is 4.